The van der Waals surface area contributed by atoms with Crippen LogP contribution in [0.2, 0.25) is 0 Å². The summed E-state index contributed by atoms with van der Waals surface area (Å²) >= 11 is 0. The highest BCUT2D eigenvalue weighted by atomic mass is 15.1. The lowest BCUT2D eigenvalue weighted by molar-refractivity contribution is 0.323. The molecule has 108 valence electrons. The van der Waals surface area contributed by atoms with Crippen molar-refractivity contribution >= 4 is 0 Å². The Labute approximate surface area is 119 Å². The molecule has 0 radical (unpaired) electrons. The number of benzene rings is 1. The monoisotopic (exact) mass is 262 g/mol. The number of rotatable bonds is 9. The number of nitrogens with zero attached hydrogens (tertiary/aromatic N) is 1. The maximum Gasteiger partial charge on any atom is 0.0231 e. The zero-order valence-electron chi connectivity index (χ0n) is 13.1. The second-order valence-electron chi connectivity index (χ2n) is 6.01. The van der Waals surface area contributed by atoms with Gasteiger partial charge in [-0.05, 0) is 44.8 Å². The summed E-state index contributed by atoms with van der Waals surface area (Å²) in [5.74, 6) is 0.825. The molecule has 19 heavy (non-hydrogen) atoms. The van der Waals surface area contributed by atoms with Crippen molar-refractivity contribution in [3.8, 4) is 0 Å². The summed E-state index contributed by atoms with van der Waals surface area (Å²) in [5.41, 5.74) is 2.73. The highest BCUT2D eigenvalue weighted by Crippen LogP contribution is 2.05. The molecule has 1 N–H and O–H groups in total. The average molecular weight is 262 g/mol. The summed E-state index contributed by atoms with van der Waals surface area (Å²) in [5, 5.41) is 3.52. The van der Waals surface area contributed by atoms with Crippen molar-refractivity contribution in [3.63, 3.8) is 0 Å². The van der Waals surface area contributed by atoms with Crippen LogP contribution < -0.4 is 5.32 Å². The van der Waals surface area contributed by atoms with Gasteiger partial charge in [-0.25, -0.2) is 0 Å². The molecule has 0 saturated heterocycles. The molecule has 0 aliphatic rings. The first-order valence-corrected chi connectivity index (χ1v) is 7.52. The van der Waals surface area contributed by atoms with Crippen molar-refractivity contribution in [2.75, 3.05) is 26.7 Å². The van der Waals surface area contributed by atoms with Crippen molar-refractivity contribution in [1.29, 1.82) is 0 Å². The molecule has 0 aliphatic carbocycles. The Hall–Kier alpha value is -0.860. The normalized spacial score (nSPS) is 11.5. The third-order valence-corrected chi connectivity index (χ3v) is 3.38. The Balaban J connectivity index is 2.08. The molecule has 0 spiro atoms. The first kappa shape index (κ1) is 16.2. The third kappa shape index (κ3) is 8.02. The van der Waals surface area contributed by atoms with Gasteiger partial charge in [0.25, 0.3) is 0 Å². The van der Waals surface area contributed by atoms with E-state index in [0.717, 1.165) is 32.1 Å². The van der Waals surface area contributed by atoms with Crippen molar-refractivity contribution in [2.24, 2.45) is 5.92 Å². The Morgan fingerprint density at radius 3 is 2.42 bits per heavy atom. The van der Waals surface area contributed by atoms with E-state index in [-0.39, 0.29) is 0 Å². The van der Waals surface area contributed by atoms with Crippen molar-refractivity contribution in [1.82, 2.24) is 10.2 Å². The summed E-state index contributed by atoms with van der Waals surface area (Å²) in [6, 6.07) is 8.82. The molecule has 0 saturated carbocycles. The van der Waals surface area contributed by atoms with Gasteiger partial charge < -0.3 is 10.2 Å². The molecule has 1 aromatic rings. The lowest BCUT2D eigenvalue weighted by Gasteiger charge is -2.17. The molecule has 0 aromatic heterocycles. The van der Waals surface area contributed by atoms with Crippen LogP contribution in [0.3, 0.4) is 0 Å². The van der Waals surface area contributed by atoms with Crippen molar-refractivity contribution < 1.29 is 0 Å². The van der Waals surface area contributed by atoms with Crippen LogP contribution >= 0.6 is 0 Å². The quantitative estimate of drug-likeness (QED) is 0.686. The predicted molar refractivity (Wildman–Crippen MR) is 84.5 cm³/mol. The molecule has 1 rings (SSSR count). The van der Waals surface area contributed by atoms with E-state index in [9.17, 15) is 0 Å². The fourth-order valence-electron chi connectivity index (χ4n) is 2.11. The highest BCUT2D eigenvalue weighted by molar-refractivity contribution is 5.21. The minimum atomic E-state index is 0.825. The molecule has 2 heteroatoms. The van der Waals surface area contributed by atoms with E-state index >= 15 is 0 Å². The van der Waals surface area contributed by atoms with Crippen LogP contribution in [0.4, 0.5) is 0 Å². The fourth-order valence-corrected chi connectivity index (χ4v) is 2.11. The number of likely N-dealkylation sites (N-methyl/N-ethyl adjacent to an activating group) is 1. The zero-order chi connectivity index (χ0) is 14.1. The van der Waals surface area contributed by atoms with E-state index in [1.807, 2.05) is 0 Å². The second kappa shape index (κ2) is 9.11. The van der Waals surface area contributed by atoms with Gasteiger partial charge in [0.05, 0.1) is 0 Å². The smallest absolute Gasteiger partial charge is 0.0231 e. The Morgan fingerprint density at radius 1 is 1.11 bits per heavy atom. The Morgan fingerprint density at radius 2 is 1.79 bits per heavy atom. The van der Waals surface area contributed by atoms with E-state index in [0.29, 0.717) is 0 Å². The van der Waals surface area contributed by atoms with E-state index in [2.05, 4.69) is 62.3 Å². The average Bonchev–Trinajstić information content (AvgIpc) is 2.36. The highest BCUT2D eigenvalue weighted by Gasteiger charge is 2.00. The molecule has 0 aliphatic heterocycles. The van der Waals surface area contributed by atoms with Crippen LogP contribution in [0.15, 0.2) is 24.3 Å². The molecule has 0 atom stereocenters. The van der Waals surface area contributed by atoms with E-state index in [1.165, 1.54) is 24.0 Å². The van der Waals surface area contributed by atoms with Gasteiger partial charge in [-0.2, -0.15) is 0 Å². The molecular weight excluding hydrogens is 232 g/mol. The number of nitrogens with one attached hydrogen (secondary N) is 1. The van der Waals surface area contributed by atoms with Gasteiger partial charge in [0.1, 0.15) is 0 Å². The van der Waals surface area contributed by atoms with E-state index < -0.39 is 0 Å². The summed E-state index contributed by atoms with van der Waals surface area (Å²) in [7, 11) is 2.19. The van der Waals surface area contributed by atoms with Crippen LogP contribution in [-0.4, -0.2) is 31.6 Å². The lowest BCUT2D eigenvalue weighted by Crippen LogP contribution is -2.29. The molecular formula is C17H30N2. The summed E-state index contributed by atoms with van der Waals surface area (Å²) in [6.07, 6.45) is 2.62. The van der Waals surface area contributed by atoms with Crippen LogP contribution in [-0.2, 0) is 6.54 Å². The van der Waals surface area contributed by atoms with Crippen molar-refractivity contribution in [3.05, 3.63) is 35.4 Å². The maximum absolute atomic E-state index is 3.52. The van der Waals surface area contributed by atoms with Gasteiger partial charge in [0.15, 0.2) is 0 Å². The van der Waals surface area contributed by atoms with Crippen LogP contribution in [0.1, 0.15) is 37.8 Å². The number of aryl methyl sites for hydroxylation is 1. The fraction of sp³-hybridized carbons (Fsp3) is 0.647. The molecule has 0 bridgehead atoms. The topological polar surface area (TPSA) is 15.3 Å². The van der Waals surface area contributed by atoms with Gasteiger partial charge in [0.2, 0.25) is 0 Å². The summed E-state index contributed by atoms with van der Waals surface area (Å²) < 4.78 is 0. The van der Waals surface area contributed by atoms with Gasteiger partial charge in [-0.15, -0.1) is 0 Å². The first-order chi connectivity index (χ1) is 9.08. The molecule has 1 aromatic carbocycles. The molecule has 0 fully saturated rings. The Bertz CT molecular complexity index is 330. The second-order valence-corrected chi connectivity index (χ2v) is 6.01. The Kier molecular flexibility index (Phi) is 7.76. The van der Waals surface area contributed by atoms with E-state index in [1.54, 1.807) is 0 Å². The molecule has 0 heterocycles. The van der Waals surface area contributed by atoms with Crippen LogP contribution in [0.5, 0.6) is 0 Å². The third-order valence-electron chi connectivity index (χ3n) is 3.38. The van der Waals surface area contributed by atoms with Crippen LogP contribution in [0.25, 0.3) is 0 Å². The number of hydrogen-bond donors (Lipinski definition) is 1. The summed E-state index contributed by atoms with van der Waals surface area (Å²) in [4.78, 5) is 2.38. The maximum atomic E-state index is 3.52. The summed E-state index contributed by atoms with van der Waals surface area (Å²) in [6.45, 7) is 11.1. The molecule has 2 nitrogen and oxygen atoms in total. The number of hydrogen-bond acceptors (Lipinski definition) is 2. The largest absolute Gasteiger partial charge is 0.315 e. The van der Waals surface area contributed by atoms with Gasteiger partial charge in [-0.3, -0.25) is 0 Å². The minimum absolute atomic E-state index is 0.825. The molecule has 0 amide bonds. The van der Waals surface area contributed by atoms with E-state index in [4.69, 9.17) is 0 Å². The predicted octanol–water partition coefficient (Wildman–Crippen LogP) is 3.45. The zero-order valence-corrected chi connectivity index (χ0v) is 13.1. The van der Waals surface area contributed by atoms with Crippen LogP contribution in [0, 0.1) is 12.8 Å². The molecule has 0 unspecified atom stereocenters. The minimum Gasteiger partial charge on any atom is -0.315 e. The standard InChI is InChI=1S/C17H30N2/c1-15(2)6-5-11-18-12-13-19(4)14-17-9-7-16(3)8-10-17/h7-10,15,18H,5-6,11-14H2,1-4H3. The first-order valence-electron chi connectivity index (χ1n) is 7.52. The SMILES string of the molecule is Cc1ccc(CN(C)CCNCCCC(C)C)cc1. The van der Waals surface area contributed by atoms with Gasteiger partial charge in [-0.1, -0.05) is 43.7 Å². The van der Waals surface area contributed by atoms with Crippen molar-refractivity contribution in [2.45, 2.75) is 40.2 Å². The lowest BCUT2D eigenvalue weighted by atomic mass is 10.1. The van der Waals surface area contributed by atoms with Gasteiger partial charge >= 0.3 is 0 Å². The van der Waals surface area contributed by atoms with Gasteiger partial charge in [0, 0.05) is 19.6 Å².